The lowest BCUT2D eigenvalue weighted by atomic mass is 9.77. The van der Waals surface area contributed by atoms with Crippen LogP contribution in [0, 0.1) is 0 Å². The molecule has 1 unspecified atom stereocenters. The zero-order valence-electron chi connectivity index (χ0n) is 22.7. The Bertz CT molecular complexity index is 892. The largest absolute Gasteiger partial charge is 0.394 e. The Hall–Kier alpha value is -2.01. The Morgan fingerprint density at radius 2 is 1.73 bits per heavy atom. The molecule has 0 fully saturated rings. The maximum atomic E-state index is 12.0. The molecule has 0 spiro atoms. The first-order valence-corrected chi connectivity index (χ1v) is 13.1. The van der Waals surface area contributed by atoms with Crippen LogP contribution in [0.25, 0.3) is 0 Å². The molecule has 3 atom stereocenters. The molecule has 210 valence electrons. The third-order valence-corrected chi connectivity index (χ3v) is 7.23. The summed E-state index contributed by atoms with van der Waals surface area (Å²) in [6, 6.07) is -0.537. The number of amides is 2. The average Bonchev–Trinajstić information content (AvgIpc) is 2.87. The van der Waals surface area contributed by atoms with E-state index in [0.29, 0.717) is 13.0 Å². The molecule has 0 aromatic carbocycles. The van der Waals surface area contributed by atoms with E-state index in [1.54, 1.807) is 0 Å². The second-order valence-electron chi connectivity index (χ2n) is 10.7. The van der Waals surface area contributed by atoms with Gasteiger partial charge in [0.1, 0.15) is 5.54 Å². The van der Waals surface area contributed by atoms with Crippen LogP contribution in [0.2, 0.25) is 0 Å². The summed E-state index contributed by atoms with van der Waals surface area (Å²) >= 11 is 0. The van der Waals surface area contributed by atoms with Crippen LogP contribution in [0.1, 0.15) is 66.2 Å². The standard InChI is InChI=1S/C28H46N2O7/c1-19-14-27(4,36)25(21(3)37-20(2)15-31)13-24(19)12-23-9-7-22(8-10-23)6-5-11-29-26(35)30-28(16-32,17-33)18-34/h7,9,13,20-21,31-34,36H,5-6,8,10-12,14-18H2,1-4H3,(H2,29,30,35)/t20-,21+,27?/m0/s1. The normalized spacial score (nSPS) is 22.1. The van der Waals surface area contributed by atoms with E-state index < -0.39 is 37.0 Å². The minimum Gasteiger partial charge on any atom is -0.394 e. The number of hydrogen-bond acceptors (Lipinski definition) is 7. The number of allylic oxidation sites excluding steroid dienone is 6. The molecule has 2 amide bonds. The summed E-state index contributed by atoms with van der Waals surface area (Å²) in [6.07, 6.45) is 10.7. The van der Waals surface area contributed by atoms with Crippen molar-refractivity contribution in [3.63, 3.8) is 0 Å². The third kappa shape index (κ3) is 9.05. The molecule has 0 heterocycles. The minimum absolute atomic E-state index is 0.0653. The van der Waals surface area contributed by atoms with Gasteiger partial charge < -0.3 is 40.9 Å². The molecule has 0 saturated heterocycles. The first-order valence-electron chi connectivity index (χ1n) is 13.1. The van der Waals surface area contributed by atoms with Crippen molar-refractivity contribution >= 4 is 6.03 Å². The molecule has 0 aliphatic heterocycles. The maximum absolute atomic E-state index is 12.0. The van der Waals surface area contributed by atoms with Gasteiger partial charge in [-0.15, -0.1) is 0 Å². The molecule has 0 aromatic rings. The molecule has 7 N–H and O–H groups in total. The van der Waals surface area contributed by atoms with Crippen LogP contribution in [-0.4, -0.2) is 87.9 Å². The number of rotatable bonds is 14. The van der Waals surface area contributed by atoms with Gasteiger partial charge >= 0.3 is 6.03 Å². The molecule has 9 heteroatoms. The second kappa shape index (κ2) is 14.2. The van der Waals surface area contributed by atoms with Gasteiger partial charge in [0.2, 0.25) is 0 Å². The number of aliphatic hydroxyl groups is 5. The van der Waals surface area contributed by atoms with E-state index >= 15 is 0 Å². The van der Waals surface area contributed by atoms with Gasteiger partial charge in [-0.05, 0) is 70.9 Å². The number of nitrogens with one attached hydrogen (secondary N) is 2. The average molecular weight is 523 g/mol. The molecule has 2 aliphatic carbocycles. The number of carbonyl (C=O) groups is 1. The summed E-state index contributed by atoms with van der Waals surface area (Å²) < 4.78 is 5.88. The van der Waals surface area contributed by atoms with Crippen LogP contribution in [-0.2, 0) is 4.74 Å². The topological polar surface area (TPSA) is 152 Å². The lowest BCUT2D eigenvalue weighted by molar-refractivity contribution is -0.0259. The highest BCUT2D eigenvalue weighted by molar-refractivity contribution is 5.74. The quantitative estimate of drug-likeness (QED) is 0.172. The molecule has 2 aliphatic rings. The van der Waals surface area contributed by atoms with Crippen LogP contribution in [0.4, 0.5) is 4.79 Å². The predicted molar refractivity (Wildman–Crippen MR) is 143 cm³/mol. The predicted octanol–water partition coefficient (Wildman–Crippen LogP) is 2.00. The number of aliphatic hydroxyl groups excluding tert-OH is 4. The molecule has 0 radical (unpaired) electrons. The van der Waals surface area contributed by atoms with E-state index in [1.807, 2.05) is 20.8 Å². The summed E-state index contributed by atoms with van der Waals surface area (Å²) in [7, 11) is 0. The molecule has 2 rings (SSSR count). The minimum atomic E-state index is -1.43. The Morgan fingerprint density at radius 1 is 1.11 bits per heavy atom. The van der Waals surface area contributed by atoms with Gasteiger partial charge in [0.05, 0.1) is 44.2 Å². The first-order chi connectivity index (χ1) is 17.5. The van der Waals surface area contributed by atoms with Crippen LogP contribution in [0.15, 0.2) is 46.1 Å². The molecular weight excluding hydrogens is 476 g/mol. The Morgan fingerprint density at radius 3 is 2.30 bits per heavy atom. The SMILES string of the molecule is CC1=C(CC2=CC=C(CCCNC(=O)NC(CO)(CO)CO)CC2)C=C([C@@H](C)O[C@@H](C)CO)C(C)(O)C1. The lowest BCUT2D eigenvalue weighted by Gasteiger charge is -2.36. The van der Waals surface area contributed by atoms with Gasteiger partial charge in [0.15, 0.2) is 0 Å². The van der Waals surface area contributed by atoms with Crippen molar-refractivity contribution in [2.45, 2.75) is 89.6 Å². The van der Waals surface area contributed by atoms with Crippen LogP contribution >= 0.6 is 0 Å². The summed E-state index contributed by atoms with van der Waals surface area (Å²) in [4.78, 5) is 12.0. The van der Waals surface area contributed by atoms with Gasteiger partial charge in [-0.2, -0.15) is 0 Å². The smallest absolute Gasteiger partial charge is 0.315 e. The highest BCUT2D eigenvalue weighted by Crippen LogP contribution is 2.38. The second-order valence-corrected chi connectivity index (χ2v) is 10.7. The fourth-order valence-corrected chi connectivity index (χ4v) is 4.82. The van der Waals surface area contributed by atoms with E-state index in [4.69, 9.17) is 4.74 Å². The van der Waals surface area contributed by atoms with Crippen LogP contribution < -0.4 is 10.6 Å². The fourth-order valence-electron chi connectivity index (χ4n) is 4.82. The summed E-state index contributed by atoms with van der Waals surface area (Å²) in [5.41, 5.74) is 3.45. The van der Waals surface area contributed by atoms with Gasteiger partial charge in [-0.3, -0.25) is 0 Å². The Balaban J connectivity index is 1.90. The molecule has 0 bridgehead atoms. The van der Waals surface area contributed by atoms with E-state index in [2.05, 4.69) is 35.8 Å². The summed E-state index contributed by atoms with van der Waals surface area (Å²) in [6.45, 7) is 6.31. The number of ether oxygens (including phenoxy) is 1. The number of hydrogen-bond donors (Lipinski definition) is 7. The highest BCUT2D eigenvalue weighted by Gasteiger charge is 2.35. The van der Waals surface area contributed by atoms with E-state index in [9.17, 15) is 30.3 Å². The van der Waals surface area contributed by atoms with Gasteiger partial charge in [0, 0.05) is 13.0 Å². The molecular formula is C28H46N2O7. The van der Waals surface area contributed by atoms with E-state index in [0.717, 1.165) is 37.7 Å². The molecule has 9 nitrogen and oxygen atoms in total. The Labute approximate surface area is 220 Å². The van der Waals surface area contributed by atoms with Gasteiger partial charge in [-0.25, -0.2) is 4.79 Å². The fraction of sp³-hybridized carbons (Fsp3) is 0.679. The van der Waals surface area contributed by atoms with Crippen LogP contribution in [0.3, 0.4) is 0 Å². The van der Waals surface area contributed by atoms with Crippen molar-refractivity contribution < 1.29 is 35.1 Å². The molecule has 0 aromatic heterocycles. The highest BCUT2D eigenvalue weighted by atomic mass is 16.5. The van der Waals surface area contributed by atoms with Crippen LogP contribution in [0.5, 0.6) is 0 Å². The van der Waals surface area contributed by atoms with Gasteiger partial charge in [-0.1, -0.05) is 34.9 Å². The summed E-state index contributed by atoms with van der Waals surface area (Å²) in [5.74, 6) is 0. The lowest BCUT2D eigenvalue weighted by Crippen LogP contribution is -2.59. The third-order valence-electron chi connectivity index (χ3n) is 7.23. The van der Waals surface area contributed by atoms with Crippen molar-refractivity contribution in [2.24, 2.45) is 0 Å². The van der Waals surface area contributed by atoms with Crippen molar-refractivity contribution in [1.82, 2.24) is 10.6 Å². The van der Waals surface area contributed by atoms with Crippen molar-refractivity contribution in [3.05, 3.63) is 46.1 Å². The van der Waals surface area contributed by atoms with Crippen molar-refractivity contribution in [1.29, 1.82) is 0 Å². The summed E-state index contributed by atoms with van der Waals surface area (Å²) in [5, 5.41) is 53.4. The monoisotopic (exact) mass is 522 g/mol. The Kier molecular flexibility index (Phi) is 12.0. The maximum Gasteiger partial charge on any atom is 0.315 e. The van der Waals surface area contributed by atoms with Gasteiger partial charge in [0.25, 0.3) is 0 Å². The molecule has 0 saturated carbocycles. The molecule has 37 heavy (non-hydrogen) atoms. The first kappa shape index (κ1) is 31.2. The zero-order chi connectivity index (χ0) is 27.6. The van der Waals surface area contributed by atoms with Crippen molar-refractivity contribution in [2.75, 3.05) is 33.0 Å². The number of urea groups is 1. The van der Waals surface area contributed by atoms with E-state index in [1.165, 1.54) is 22.3 Å². The van der Waals surface area contributed by atoms with Crippen molar-refractivity contribution in [3.8, 4) is 0 Å². The zero-order valence-corrected chi connectivity index (χ0v) is 22.7. The van der Waals surface area contributed by atoms with E-state index in [-0.39, 0.29) is 18.8 Å². The number of carbonyl (C=O) groups excluding carboxylic acids is 1.